The van der Waals surface area contributed by atoms with Gasteiger partial charge in [0.25, 0.3) is 0 Å². The summed E-state index contributed by atoms with van der Waals surface area (Å²) in [7, 11) is 0. The lowest BCUT2D eigenvalue weighted by Gasteiger charge is -2.44. The molecule has 0 aromatic heterocycles. The van der Waals surface area contributed by atoms with Gasteiger partial charge in [0.05, 0.1) is 30.4 Å². The van der Waals surface area contributed by atoms with Crippen LogP contribution in [0.15, 0.2) is 22.1 Å². The number of ether oxygens (including phenoxy) is 1. The van der Waals surface area contributed by atoms with Crippen LogP contribution in [0, 0.1) is 11.3 Å². The maximum Gasteiger partial charge on any atom is 0.353 e. The summed E-state index contributed by atoms with van der Waals surface area (Å²) in [5.41, 5.74) is -0.0921. The summed E-state index contributed by atoms with van der Waals surface area (Å²) in [4.78, 5) is 36.8. The molecule has 1 fully saturated rings. The van der Waals surface area contributed by atoms with Crippen LogP contribution in [0.3, 0.4) is 0 Å². The van der Waals surface area contributed by atoms with Crippen molar-refractivity contribution in [1.29, 1.82) is 5.41 Å². The number of hydrogen-bond acceptors (Lipinski definition) is 7. The summed E-state index contributed by atoms with van der Waals surface area (Å²) in [6, 6.07) is -0.355. The predicted octanol–water partition coefficient (Wildman–Crippen LogP) is 0.271. The molecule has 1 amide bonds. The molecule has 2 heterocycles. The van der Waals surface area contributed by atoms with E-state index in [1.165, 1.54) is 23.3 Å². The molecular weight excluding hydrogens is 362 g/mol. The van der Waals surface area contributed by atoms with Crippen LogP contribution >= 0.6 is 11.8 Å². The molecule has 1 saturated heterocycles. The van der Waals surface area contributed by atoms with Crippen molar-refractivity contribution in [2.45, 2.75) is 32.4 Å². The molecule has 26 heavy (non-hydrogen) atoms. The number of aliphatic hydroxyl groups excluding tert-OH is 1. The molecule has 0 aliphatic carbocycles. The number of amides is 1. The number of hydrogen-bond donors (Lipinski definition) is 4. The molecule has 0 aromatic rings. The number of nitrogens with one attached hydrogen (secondary N) is 2. The predicted molar refractivity (Wildman–Crippen MR) is 94.2 cm³/mol. The topological polar surface area (TPSA) is 140 Å². The summed E-state index contributed by atoms with van der Waals surface area (Å²) < 4.78 is 4.92. The molecule has 2 aliphatic heterocycles. The van der Waals surface area contributed by atoms with E-state index in [2.05, 4.69) is 5.32 Å². The summed E-state index contributed by atoms with van der Waals surface area (Å²) in [5, 5.41) is 30.3. The van der Waals surface area contributed by atoms with E-state index in [-0.39, 0.29) is 24.2 Å². The molecule has 3 atom stereocenters. The number of nitrogens with zero attached hydrogens (tertiary/aromatic N) is 1. The molecule has 142 valence electrons. The maximum absolute atomic E-state index is 12.1. The van der Waals surface area contributed by atoms with E-state index in [0.29, 0.717) is 17.9 Å². The number of carbonyl (C=O) groups is 3. The summed E-state index contributed by atoms with van der Waals surface area (Å²) in [6.07, 6.45) is 0.667. The number of carboxylic acid groups (broad SMARTS) is 1. The van der Waals surface area contributed by atoms with Gasteiger partial charge in [0.2, 0.25) is 5.91 Å². The lowest BCUT2D eigenvalue weighted by Crippen LogP contribution is -2.61. The number of aliphatic carboxylic acids is 1. The fourth-order valence-electron chi connectivity index (χ4n) is 2.95. The zero-order valence-electron chi connectivity index (χ0n) is 14.4. The van der Waals surface area contributed by atoms with Crippen molar-refractivity contribution in [1.82, 2.24) is 10.2 Å². The molecule has 10 heteroatoms. The Morgan fingerprint density at radius 1 is 1.54 bits per heavy atom. The van der Waals surface area contributed by atoms with Crippen LogP contribution in [0.2, 0.25) is 0 Å². The highest BCUT2D eigenvalue weighted by molar-refractivity contribution is 8.05. The van der Waals surface area contributed by atoms with Gasteiger partial charge in [0, 0.05) is 17.4 Å². The zero-order valence-corrected chi connectivity index (χ0v) is 15.2. The van der Waals surface area contributed by atoms with Gasteiger partial charge in [-0.3, -0.25) is 10.2 Å². The van der Waals surface area contributed by atoms with E-state index in [1.807, 2.05) is 0 Å². The Morgan fingerprint density at radius 3 is 2.81 bits per heavy atom. The van der Waals surface area contributed by atoms with Crippen molar-refractivity contribution in [3.05, 3.63) is 22.1 Å². The van der Waals surface area contributed by atoms with Crippen LogP contribution in [0.25, 0.3) is 0 Å². The number of carboxylic acids is 1. The average molecular weight is 383 g/mol. The minimum absolute atomic E-state index is 0.0921. The van der Waals surface area contributed by atoms with E-state index in [0.717, 1.165) is 11.8 Å². The number of aliphatic hydroxyl groups is 1. The first-order chi connectivity index (χ1) is 12.2. The molecule has 0 radical (unpaired) electrons. The molecule has 4 N–H and O–H groups in total. The van der Waals surface area contributed by atoms with Gasteiger partial charge in [-0.05, 0) is 19.3 Å². The highest BCUT2D eigenvalue weighted by Crippen LogP contribution is 2.47. The van der Waals surface area contributed by atoms with E-state index in [1.54, 1.807) is 6.92 Å². The Bertz CT molecular complexity index is 687. The minimum Gasteiger partial charge on any atom is -0.477 e. The maximum atomic E-state index is 12.1. The molecule has 2 aliphatic rings. The van der Waals surface area contributed by atoms with Crippen molar-refractivity contribution < 1.29 is 29.3 Å². The average Bonchev–Trinajstić information content (AvgIpc) is 2.85. The number of carbonyl (C=O) groups excluding carboxylic acids is 2. The van der Waals surface area contributed by atoms with Gasteiger partial charge in [-0.2, -0.15) is 0 Å². The van der Waals surface area contributed by atoms with Crippen LogP contribution in [0.1, 0.15) is 20.3 Å². The quantitative estimate of drug-likeness (QED) is 0.117. The van der Waals surface area contributed by atoms with Crippen molar-refractivity contribution in [3.63, 3.8) is 0 Å². The Morgan fingerprint density at radius 2 is 2.23 bits per heavy atom. The fourth-order valence-corrected chi connectivity index (χ4v) is 3.85. The second-order valence-corrected chi connectivity index (χ2v) is 6.96. The van der Waals surface area contributed by atoms with Gasteiger partial charge in [0.15, 0.2) is 0 Å². The van der Waals surface area contributed by atoms with Crippen molar-refractivity contribution >= 4 is 35.4 Å². The third-order valence-electron chi connectivity index (χ3n) is 4.04. The summed E-state index contributed by atoms with van der Waals surface area (Å²) in [5.74, 6) is -2.51. The Kier molecular flexibility index (Phi) is 6.43. The molecule has 0 bridgehead atoms. The van der Waals surface area contributed by atoms with Gasteiger partial charge in [0.1, 0.15) is 12.3 Å². The fraction of sp³-hybridized carbons (Fsp3) is 0.500. The van der Waals surface area contributed by atoms with E-state index < -0.39 is 29.9 Å². The molecule has 2 rings (SSSR count). The lowest BCUT2D eigenvalue weighted by atomic mass is 9.83. The SMILES string of the molecule is CC(=N)NCCOC(=O)/C=C\SC1=C(C(=O)O)N2C(=O)[C@@H]([C@H](C)O)[C@H]2C1. The number of rotatable bonds is 8. The van der Waals surface area contributed by atoms with Crippen molar-refractivity contribution in [2.75, 3.05) is 13.2 Å². The molecule has 0 spiro atoms. The second kappa shape index (κ2) is 8.37. The minimum atomic E-state index is -1.21. The third-order valence-corrected chi connectivity index (χ3v) is 4.96. The first-order valence-electron chi connectivity index (χ1n) is 8.00. The highest BCUT2D eigenvalue weighted by Gasteiger charge is 2.56. The Balaban J connectivity index is 1.92. The Labute approximate surface area is 154 Å². The molecule has 9 nitrogen and oxygen atoms in total. The zero-order chi connectivity index (χ0) is 19.4. The Hall–Kier alpha value is -2.33. The van der Waals surface area contributed by atoms with E-state index in [9.17, 15) is 24.6 Å². The third kappa shape index (κ3) is 4.25. The van der Waals surface area contributed by atoms with Gasteiger partial charge in [-0.25, -0.2) is 9.59 Å². The van der Waals surface area contributed by atoms with Crippen LogP contribution in [0.4, 0.5) is 0 Å². The second-order valence-electron chi connectivity index (χ2n) is 5.96. The van der Waals surface area contributed by atoms with Gasteiger partial charge < -0.3 is 25.2 Å². The smallest absolute Gasteiger partial charge is 0.353 e. The first kappa shape index (κ1) is 20.0. The normalized spacial score (nSPS) is 22.9. The summed E-state index contributed by atoms with van der Waals surface area (Å²) in [6.45, 7) is 3.52. The van der Waals surface area contributed by atoms with Crippen LogP contribution in [-0.4, -0.2) is 64.1 Å². The molecular formula is C16H21N3O6S. The van der Waals surface area contributed by atoms with Crippen LogP contribution in [-0.2, 0) is 19.1 Å². The van der Waals surface area contributed by atoms with E-state index >= 15 is 0 Å². The van der Waals surface area contributed by atoms with Gasteiger partial charge >= 0.3 is 11.9 Å². The van der Waals surface area contributed by atoms with Crippen LogP contribution < -0.4 is 5.32 Å². The van der Waals surface area contributed by atoms with Gasteiger partial charge in [-0.15, -0.1) is 0 Å². The van der Waals surface area contributed by atoms with E-state index in [4.69, 9.17) is 10.1 Å². The largest absolute Gasteiger partial charge is 0.477 e. The standard InChI is InChI=1S/C16H21N3O6S/c1-8(20)13-10-7-11(14(16(23)24)19(10)15(13)22)26-6-3-12(21)25-5-4-18-9(2)17/h3,6,8,10,13,20H,4-5,7H2,1-2H3,(H2,17,18)(H,23,24)/b6-3-/t8-,10+,13-/m0/s1. The first-order valence-corrected chi connectivity index (χ1v) is 8.88. The monoisotopic (exact) mass is 383 g/mol. The number of β-lactam (4-membered cyclic amide) rings is 1. The van der Waals surface area contributed by atoms with Crippen LogP contribution in [0.5, 0.6) is 0 Å². The lowest BCUT2D eigenvalue weighted by molar-refractivity contribution is -0.161. The van der Waals surface area contributed by atoms with Crippen molar-refractivity contribution in [2.24, 2.45) is 5.92 Å². The number of thioether (sulfide) groups is 1. The molecule has 0 saturated carbocycles. The number of esters is 1. The summed E-state index contributed by atoms with van der Waals surface area (Å²) >= 11 is 1.05. The molecule has 0 unspecified atom stereocenters. The number of fused-ring (bicyclic) bond motifs is 1. The molecule has 0 aromatic carbocycles. The highest BCUT2D eigenvalue weighted by atomic mass is 32.2. The van der Waals surface area contributed by atoms with Crippen molar-refractivity contribution in [3.8, 4) is 0 Å². The van der Waals surface area contributed by atoms with Gasteiger partial charge in [-0.1, -0.05) is 11.8 Å². The number of amidine groups is 1.